The minimum atomic E-state index is -0.270. The molecule has 3 N–H and O–H groups in total. The number of nitrogens with two attached hydrogens (primary N) is 1. The first kappa shape index (κ1) is 12.4. The first-order valence-electron chi connectivity index (χ1n) is 4.67. The van der Waals surface area contributed by atoms with Gasteiger partial charge in [-0.05, 0) is 27.4 Å². The fourth-order valence-electron chi connectivity index (χ4n) is 1.35. The van der Waals surface area contributed by atoms with Gasteiger partial charge >= 0.3 is 0 Å². The lowest BCUT2D eigenvalue weighted by molar-refractivity contribution is -0.120. The zero-order valence-corrected chi connectivity index (χ0v) is 9.00. The zero-order valence-electron chi connectivity index (χ0n) is 9.00. The summed E-state index contributed by atoms with van der Waals surface area (Å²) in [5.41, 5.74) is 5.21. The van der Waals surface area contributed by atoms with E-state index in [9.17, 15) is 4.79 Å². The van der Waals surface area contributed by atoms with Crippen molar-refractivity contribution in [2.45, 2.75) is 32.4 Å². The van der Waals surface area contributed by atoms with E-state index in [0.717, 1.165) is 13.0 Å². The van der Waals surface area contributed by atoms with Crippen LogP contribution in [0, 0.1) is 0 Å². The molecule has 0 rings (SSSR count). The van der Waals surface area contributed by atoms with Crippen molar-refractivity contribution in [2.75, 3.05) is 20.6 Å². The van der Waals surface area contributed by atoms with Gasteiger partial charge in [-0.25, -0.2) is 0 Å². The summed E-state index contributed by atoms with van der Waals surface area (Å²) in [6.07, 6.45) is 0.743. The Morgan fingerprint density at radius 1 is 1.54 bits per heavy atom. The maximum Gasteiger partial charge on any atom is 0.234 e. The van der Waals surface area contributed by atoms with Gasteiger partial charge in [-0.3, -0.25) is 4.79 Å². The zero-order chi connectivity index (χ0) is 10.4. The average molecular weight is 187 g/mol. The number of carbonyl (C=O) groups excluding carboxylic acids is 1. The Morgan fingerprint density at radius 2 is 2.08 bits per heavy atom. The Kier molecular flexibility index (Phi) is 5.66. The number of hydrogen-bond donors (Lipinski definition) is 2. The van der Waals surface area contributed by atoms with Gasteiger partial charge in [0, 0.05) is 12.6 Å². The summed E-state index contributed by atoms with van der Waals surface area (Å²) in [4.78, 5) is 13.0. The third-order valence-corrected chi connectivity index (χ3v) is 1.88. The molecule has 0 aliphatic carbocycles. The number of hydrogen-bond acceptors (Lipinski definition) is 3. The van der Waals surface area contributed by atoms with Crippen LogP contribution < -0.4 is 11.1 Å². The normalized spacial score (nSPS) is 15.8. The maximum atomic E-state index is 10.9. The van der Waals surface area contributed by atoms with Crippen molar-refractivity contribution in [1.29, 1.82) is 0 Å². The van der Waals surface area contributed by atoms with E-state index < -0.39 is 0 Å². The van der Waals surface area contributed by atoms with E-state index in [4.69, 9.17) is 5.73 Å². The topological polar surface area (TPSA) is 58.4 Å². The minimum absolute atomic E-state index is 0.199. The summed E-state index contributed by atoms with van der Waals surface area (Å²) < 4.78 is 0. The Balaban J connectivity index is 3.86. The number of amides is 1. The van der Waals surface area contributed by atoms with Gasteiger partial charge in [-0.15, -0.1) is 0 Å². The monoisotopic (exact) mass is 187 g/mol. The summed E-state index contributed by atoms with van der Waals surface area (Å²) in [5, 5.41) is 3.18. The maximum absolute atomic E-state index is 10.9. The predicted octanol–water partition coefficient (Wildman–Crippen LogP) is -0.210. The number of nitrogens with zero attached hydrogens (tertiary/aromatic N) is 1. The molecule has 0 bridgehead atoms. The summed E-state index contributed by atoms with van der Waals surface area (Å²) in [7, 11) is 4.01. The molecule has 0 radical (unpaired) electrons. The molecule has 13 heavy (non-hydrogen) atoms. The van der Waals surface area contributed by atoms with Crippen molar-refractivity contribution in [1.82, 2.24) is 10.2 Å². The lowest BCUT2D eigenvalue weighted by atomic mass is 10.2. The number of nitrogens with one attached hydrogen (secondary N) is 1. The van der Waals surface area contributed by atoms with Gasteiger partial charge in [0.05, 0.1) is 6.04 Å². The van der Waals surface area contributed by atoms with Crippen LogP contribution in [0.3, 0.4) is 0 Å². The Hall–Kier alpha value is -0.610. The molecule has 0 aromatic carbocycles. The van der Waals surface area contributed by atoms with Gasteiger partial charge in [0.2, 0.25) is 5.91 Å². The van der Waals surface area contributed by atoms with Crippen molar-refractivity contribution in [2.24, 2.45) is 5.73 Å². The highest BCUT2D eigenvalue weighted by Gasteiger charge is 2.15. The molecule has 2 atom stereocenters. The van der Waals surface area contributed by atoms with E-state index in [1.54, 1.807) is 0 Å². The minimum Gasteiger partial charge on any atom is -0.368 e. The van der Waals surface area contributed by atoms with Crippen LogP contribution in [0.2, 0.25) is 0 Å². The van der Waals surface area contributed by atoms with Gasteiger partial charge in [0.25, 0.3) is 0 Å². The van der Waals surface area contributed by atoms with Gasteiger partial charge in [-0.1, -0.05) is 6.92 Å². The van der Waals surface area contributed by atoms with Crippen LogP contribution in [-0.4, -0.2) is 43.5 Å². The summed E-state index contributed by atoms with van der Waals surface area (Å²) >= 11 is 0. The fourth-order valence-corrected chi connectivity index (χ4v) is 1.35. The lowest BCUT2D eigenvalue weighted by Crippen LogP contribution is -2.48. The SMILES string of the molecule is CCC(NC(C)CN(C)C)C(N)=O. The second kappa shape index (κ2) is 5.94. The largest absolute Gasteiger partial charge is 0.368 e. The molecule has 0 aliphatic heterocycles. The first-order valence-corrected chi connectivity index (χ1v) is 4.67. The molecule has 78 valence electrons. The Bertz CT molecular complexity index is 159. The van der Waals surface area contributed by atoms with Gasteiger partial charge in [0.1, 0.15) is 0 Å². The highest BCUT2D eigenvalue weighted by molar-refractivity contribution is 5.79. The molecule has 0 saturated carbocycles. The highest BCUT2D eigenvalue weighted by Crippen LogP contribution is 1.93. The second-order valence-electron chi connectivity index (χ2n) is 3.69. The van der Waals surface area contributed by atoms with Crippen LogP contribution in [0.4, 0.5) is 0 Å². The summed E-state index contributed by atoms with van der Waals surface area (Å²) in [5.74, 6) is -0.270. The van der Waals surface area contributed by atoms with Gasteiger partial charge in [-0.2, -0.15) is 0 Å². The molecule has 4 nitrogen and oxygen atoms in total. The molecule has 1 amide bonds. The van der Waals surface area contributed by atoms with Crippen molar-refractivity contribution in [3.63, 3.8) is 0 Å². The van der Waals surface area contributed by atoms with E-state index in [1.165, 1.54) is 0 Å². The second-order valence-corrected chi connectivity index (χ2v) is 3.69. The molecule has 0 aromatic rings. The van der Waals surface area contributed by atoms with Crippen molar-refractivity contribution in [3.05, 3.63) is 0 Å². The standard InChI is InChI=1S/C9H21N3O/c1-5-8(9(10)13)11-7(2)6-12(3)4/h7-8,11H,5-6H2,1-4H3,(H2,10,13). The smallest absolute Gasteiger partial charge is 0.234 e. The van der Waals surface area contributed by atoms with Crippen LogP contribution >= 0.6 is 0 Å². The van der Waals surface area contributed by atoms with Crippen molar-refractivity contribution < 1.29 is 4.79 Å². The van der Waals surface area contributed by atoms with Crippen molar-refractivity contribution in [3.8, 4) is 0 Å². The lowest BCUT2D eigenvalue weighted by Gasteiger charge is -2.22. The quantitative estimate of drug-likeness (QED) is 0.605. The molecule has 4 heteroatoms. The van der Waals surface area contributed by atoms with E-state index in [0.29, 0.717) is 0 Å². The molecule has 0 aliphatic rings. The molecule has 0 fully saturated rings. The summed E-state index contributed by atoms with van der Waals surface area (Å²) in [6.45, 7) is 4.90. The molecule has 0 aromatic heterocycles. The van der Waals surface area contributed by atoms with Crippen LogP contribution in [0.5, 0.6) is 0 Å². The number of carbonyl (C=O) groups is 1. The number of likely N-dealkylation sites (N-methyl/N-ethyl adjacent to an activating group) is 1. The molecular weight excluding hydrogens is 166 g/mol. The predicted molar refractivity (Wildman–Crippen MR) is 54.4 cm³/mol. The van der Waals surface area contributed by atoms with E-state index in [2.05, 4.69) is 10.2 Å². The number of primary amides is 1. The van der Waals surface area contributed by atoms with E-state index in [1.807, 2.05) is 27.9 Å². The number of rotatable bonds is 6. The van der Waals surface area contributed by atoms with E-state index >= 15 is 0 Å². The van der Waals surface area contributed by atoms with Gasteiger partial charge < -0.3 is 16.0 Å². The van der Waals surface area contributed by atoms with Crippen LogP contribution in [-0.2, 0) is 4.79 Å². The molecule has 0 saturated heterocycles. The highest BCUT2D eigenvalue weighted by atomic mass is 16.1. The molecule has 2 unspecified atom stereocenters. The Labute approximate surface area is 80.5 Å². The Morgan fingerprint density at radius 3 is 2.38 bits per heavy atom. The third kappa shape index (κ3) is 5.60. The first-order chi connectivity index (χ1) is 5.97. The molecule has 0 spiro atoms. The fraction of sp³-hybridized carbons (Fsp3) is 0.889. The summed E-state index contributed by atoms with van der Waals surface area (Å²) in [6, 6.07) is 0.0856. The third-order valence-electron chi connectivity index (χ3n) is 1.88. The van der Waals surface area contributed by atoms with Crippen LogP contribution in [0.25, 0.3) is 0 Å². The van der Waals surface area contributed by atoms with Crippen LogP contribution in [0.1, 0.15) is 20.3 Å². The van der Waals surface area contributed by atoms with E-state index in [-0.39, 0.29) is 18.0 Å². The molecular formula is C9H21N3O. The van der Waals surface area contributed by atoms with Crippen LogP contribution in [0.15, 0.2) is 0 Å². The van der Waals surface area contributed by atoms with Gasteiger partial charge in [0.15, 0.2) is 0 Å². The molecule has 0 heterocycles. The average Bonchev–Trinajstić information content (AvgIpc) is 1.98. The van der Waals surface area contributed by atoms with Crippen molar-refractivity contribution >= 4 is 5.91 Å².